The molecule has 7 nitrogen and oxygen atoms in total. The lowest BCUT2D eigenvalue weighted by molar-refractivity contribution is 0.0917. The SMILES string of the molecule is Cc1cccc(-c2cccn3nc(Nc4ccc(C(=O)NC5CCN(C)CC5)cc4)nc23)c1. The van der Waals surface area contributed by atoms with E-state index in [2.05, 4.69) is 58.9 Å². The standard InChI is InChI=1S/C26H28N6O/c1-18-5-3-6-20(17-18)23-7-4-14-32-24(23)29-26(30-32)28-21-10-8-19(9-11-21)25(33)27-22-12-15-31(2)16-13-22/h3-11,14,17,22H,12-13,15-16H2,1-2H3,(H,27,33)(H,28,30). The lowest BCUT2D eigenvalue weighted by atomic mass is 10.0. The molecule has 4 aromatic rings. The van der Waals surface area contributed by atoms with E-state index < -0.39 is 0 Å². The molecule has 0 bridgehead atoms. The highest BCUT2D eigenvalue weighted by Gasteiger charge is 2.19. The van der Waals surface area contributed by atoms with Crippen LogP contribution >= 0.6 is 0 Å². The molecule has 0 radical (unpaired) electrons. The number of nitrogens with zero attached hydrogens (tertiary/aromatic N) is 4. The molecule has 7 heteroatoms. The van der Waals surface area contributed by atoms with Gasteiger partial charge < -0.3 is 15.5 Å². The van der Waals surface area contributed by atoms with Gasteiger partial charge in [-0.1, -0.05) is 29.8 Å². The largest absolute Gasteiger partial charge is 0.349 e. The van der Waals surface area contributed by atoms with Crippen LogP contribution in [0, 0.1) is 6.92 Å². The van der Waals surface area contributed by atoms with Gasteiger partial charge in [0.15, 0.2) is 5.65 Å². The second-order valence-electron chi connectivity index (χ2n) is 8.75. The molecular formula is C26H28N6O. The third kappa shape index (κ3) is 4.73. The second-order valence-corrected chi connectivity index (χ2v) is 8.75. The second kappa shape index (κ2) is 9.03. The van der Waals surface area contributed by atoms with Crippen molar-refractivity contribution >= 4 is 23.2 Å². The monoisotopic (exact) mass is 440 g/mol. The van der Waals surface area contributed by atoms with E-state index in [-0.39, 0.29) is 11.9 Å². The van der Waals surface area contributed by atoms with Gasteiger partial charge in [0.2, 0.25) is 5.95 Å². The first-order chi connectivity index (χ1) is 16.0. The number of carbonyl (C=O) groups excluding carboxylic acids is 1. The zero-order chi connectivity index (χ0) is 22.8. The zero-order valence-electron chi connectivity index (χ0n) is 19.0. The molecule has 0 saturated carbocycles. The number of hydrogen-bond donors (Lipinski definition) is 2. The van der Waals surface area contributed by atoms with Gasteiger partial charge in [0, 0.05) is 29.1 Å². The molecule has 1 amide bonds. The summed E-state index contributed by atoms with van der Waals surface area (Å²) in [6.07, 6.45) is 3.88. The van der Waals surface area contributed by atoms with E-state index in [1.165, 1.54) is 5.56 Å². The Bertz CT molecular complexity index is 1270. The molecule has 2 N–H and O–H groups in total. The number of hydrogen-bond acceptors (Lipinski definition) is 5. The minimum atomic E-state index is -0.0234. The number of likely N-dealkylation sites (tertiary alicyclic amines) is 1. The van der Waals surface area contributed by atoms with Crippen LogP contribution < -0.4 is 10.6 Å². The maximum Gasteiger partial charge on any atom is 0.251 e. The Labute approximate surface area is 193 Å². The van der Waals surface area contributed by atoms with Crippen molar-refractivity contribution in [2.45, 2.75) is 25.8 Å². The summed E-state index contributed by atoms with van der Waals surface area (Å²) in [5, 5.41) is 11.0. The summed E-state index contributed by atoms with van der Waals surface area (Å²) in [6.45, 7) is 4.12. The van der Waals surface area contributed by atoms with Gasteiger partial charge in [-0.15, -0.1) is 5.10 Å². The van der Waals surface area contributed by atoms with Gasteiger partial charge in [0.1, 0.15) is 0 Å². The number of rotatable bonds is 5. The Morgan fingerprint density at radius 2 is 1.82 bits per heavy atom. The zero-order valence-corrected chi connectivity index (χ0v) is 19.0. The van der Waals surface area contributed by atoms with Gasteiger partial charge in [0.05, 0.1) is 0 Å². The molecule has 5 rings (SSSR count). The topological polar surface area (TPSA) is 74.6 Å². The number of carbonyl (C=O) groups is 1. The molecule has 2 aromatic carbocycles. The lowest BCUT2D eigenvalue weighted by Gasteiger charge is -2.29. The van der Waals surface area contributed by atoms with Crippen LogP contribution in [0.5, 0.6) is 0 Å². The minimum Gasteiger partial charge on any atom is -0.349 e. The van der Waals surface area contributed by atoms with Crippen LogP contribution in [0.3, 0.4) is 0 Å². The average Bonchev–Trinajstić information content (AvgIpc) is 3.23. The van der Waals surface area contributed by atoms with Gasteiger partial charge >= 0.3 is 0 Å². The van der Waals surface area contributed by atoms with Crippen molar-refractivity contribution < 1.29 is 4.79 Å². The van der Waals surface area contributed by atoms with Gasteiger partial charge in [-0.25, -0.2) is 4.52 Å². The van der Waals surface area contributed by atoms with Crippen molar-refractivity contribution in [2.75, 3.05) is 25.5 Å². The predicted octanol–water partition coefficient (Wildman–Crippen LogP) is 4.27. The molecular weight excluding hydrogens is 412 g/mol. The number of aromatic nitrogens is 3. The van der Waals surface area contributed by atoms with Crippen LogP contribution in [-0.4, -0.2) is 51.6 Å². The summed E-state index contributed by atoms with van der Waals surface area (Å²) in [7, 11) is 2.12. The van der Waals surface area contributed by atoms with Crippen molar-refractivity contribution in [3.8, 4) is 11.1 Å². The number of fused-ring (bicyclic) bond motifs is 1. The molecule has 0 aliphatic carbocycles. The van der Waals surface area contributed by atoms with Crippen molar-refractivity contribution in [2.24, 2.45) is 0 Å². The molecule has 3 heterocycles. The minimum absolute atomic E-state index is 0.0234. The molecule has 1 aliphatic rings. The number of anilines is 2. The van der Waals surface area contributed by atoms with Crippen LogP contribution in [0.4, 0.5) is 11.6 Å². The van der Waals surface area contributed by atoms with E-state index in [0.717, 1.165) is 48.4 Å². The van der Waals surface area contributed by atoms with Gasteiger partial charge in [-0.3, -0.25) is 4.79 Å². The fraction of sp³-hybridized carbons (Fsp3) is 0.269. The fourth-order valence-electron chi connectivity index (χ4n) is 4.25. The summed E-state index contributed by atoms with van der Waals surface area (Å²) < 4.78 is 1.78. The molecule has 33 heavy (non-hydrogen) atoms. The van der Waals surface area contributed by atoms with E-state index in [1.807, 2.05) is 42.6 Å². The molecule has 1 fully saturated rings. The Morgan fingerprint density at radius 3 is 2.58 bits per heavy atom. The number of nitrogens with one attached hydrogen (secondary N) is 2. The number of benzene rings is 2. The van der Waals surface area contributed by atoms with E-state index >= 15 is 0 Å². The molecule has 1 saturated heterocycles. The van der Waals surface area contributed by atoms with Gasteiger partial charge in [0.25, 0.3) is 5.91 Å². The van der Waals surface area contributed by atoms with Crippen LogP contribution in [-0.2, 0) is 0 Å². The highest BCUT2D eigenvalue weighted by molar-refractivity contribution is 5.94. The molecule has 0 spiro atoms. The third-order valence-corrected chi connectivity index (χ3v) is 6.15. The molecule has 0 unspecified atom stereocenters. The summed E-state index contributed by atoms with van der Waals surface area (Å²) in [6, 6.07) is 20.1. The van der Waals surface area contributed by atoms with Gasteiger partial charge in [-0.2, -0.15) is 4.98 Å². The smallest absolute Gasteiger partial charge is 0.251 e. The first kappa shape index (κ1) is 21.2. The van der Waals surface area contributed by atoms with Crippen LogP contribution in [0.2, 0.25) is 0 Å². The number of aryl methyl sites for hydroxylation is 1. The molecule has 2 aromatic heterocycles. The van der Waals surface area contributed by atoms with Gasteiger partial charge in [-0.05, 0) is 81.9 Å². The Morgan fingerprint density at radius 1 is 1.03 bits per heavy atom. The highest BCUT2D eigenvalue weighted by Crippen LogP contribution is 2.25. The highest BCUT2D eigenvalue weighted by atomic mass is 16.1. The Kier molecular flexibility index (Phi) is 5.79. The molecule has 1 aliphatic heterocycles. The predicted molar refractivity (Wildman–Crippen MR) is 131 cm³/mol. The van der Waals surface area contributed by atoms with E-state index in [4.69, 9.17) is 4.98 Å². The van der Waals surface area contributed by atoms with Crippen LogP contribution in [0.15, 0.2) is 66.9 Å². The summed E-state index contributed by atoms with van der Waals surface area (Å²) in [4.78, 5) is 19.6. The average molecular weight is 441 g/mol. The maximum absolute atomic E-state index is 12.6. The first-order valence-corrected chi connectivity index (χ1v) is 11.3. The Hall–Kier alpha value is -3.71. The van der Waals surface area contributed by atoms with E-state index in [1.54, 1.807) is 4.52 Å². The number of amides is 1. The fourth-order valence-corrected chi connectivity index (χ4v) is 4.25. The Balaban J connectivity index is 1.30. The van der Waals surface area contributed by atoms with Crippen molar-refractivity contribution in [1.82, 2.24) is 24.8 Å². The number of piperidine rings is 1. The summed E-state index contributed by atoms with van der Waals surface area (Å²) >= 11 is 0. The third-order valence-electron chi connectivity index (χ3n) is 6.15. The van der Waals surface area contributed by atoms with Crippen molar-refractivity contribution in [1.29, 1.82) is 0 Å². The summed E-state index contributed by atoms with van der Waals surface area (Å²) in [5.41, 5.74) is 5.62. The number of pyridine rings is 1. The molecule has 0 atom stereocenters. The lowest BCUT2D eigenvalue weighted by Crippen LogP contribution is -2.43. The first-order valence-electron chi connectivity index (χ1n) is 11.3. The normalized spacial score (nSPS) is 15.0. The van der Waals surface area contributed by atoms with Crippen LogP contribution in [0.25, 0.3) is 16.8 Å². The molecule has 168 valence electrons. The van der Waals surface area contributed by atoms with E-state index in [9.17, 15) is 4.79 Å². The van der Waals surface area contributed by atoms with E-state index in [0.29, 0.717) is 11.5 Å². The van der Waals surface area contributed by atoms with Crippen molar-refractivity contribution in [3.05, 3.63) is 78.0 Å². The quantitative estimate of drug-likeness (QED) is 0.485. The summed E-state index contributed by atoms with van der Waals surface area (Å²) in [5.74, 6) is 0.489. The van der Waals surface area contributed by atoms with Crippen molar-refractivity contribution in [3.63, 3.8) is 0 Å². The maximum atomic E-state index is 12.6. The van der Waals surface area contributed by atoms with Crippen LogP contribution in [0.1, 0.15) is 28.8 Å².